The van der Waals surface area contributed by atoms with Crippen molar-refractivity contribution in [1.29, 1.82) is 0 Å². The van der Waals surface area contributed by atoms with Crippen LogP contribution in [0.1, 0.15) is 30.8 Å². The lowest BCUT2D eigenvalue weighted by molar-refractivity contribution is -0.145. The van der Waals surface area contributed by atoms with E-state index in [-0.39, 0.29) is 11.9 Å². The molecular weight excluding hydrogens is 204 g/mol. The van der Waals surface area contributed by atoms with E-state index in [0.29, 0.717) is 6.54 Å². The van der Waals surface area contributed by atoms with Crippen LogP contribution in [0.3, 0.4) is 0 Å². The van der Waals surface area contributed by atoms with E-state index in [4.69, 9.17) is 4.74 Å². The Morgan fingerprint density at radius 3 is 2.56 bits per heavy atom. The molecule has 0 aromatic carbocycles. The van der Waals surface area contributed by atoms with Crippen molar-refractivity contribution in [3.05, 3.63) is 17.0 Å². The van der Waals surface area contributed by atoms with Gasteiger partial charge in [-0.25, -0.2) is 0 Å². The fourth-order valence-corrected chi connectivity index (χ4v) is 1.96. The maximum absolute atomic E-state index is 11.3. The van der Waals surface area contributed by atoms with Crippen LogP contribution in [-0.4, -0.2) is 22.9 Å². The summed E-state index contributed by atoms with van der Waals surface area (Å²) in [5.74, 6) is -0.349. The molecule has 4 heteroatoms. The Morgan fingerprint density at radius 2 is 2.12 bits per heavy atom. The van der Waals surface area contributed by atoms with Crippen molar-refractivity contribution in [2.45, 2.75) is 40.7 Å². The van der Waals surface area contributed by atoms with Crippen molar-refractivity contribution in [3.8, 4) is 0 Å². The summed E-state index contributed by atoms with van der Waals surface area (Å²) in [6, 6.07) is 0. The van der Waals surface area contributed by atoms with E-state index in [1.165, 1.54) is 12.7 Å². The lowest BCUT2D eigenvalue weighted by Gasteiger charge is -2.10. The molecule has 0 aliphatic rings. The van der Waals surface area contributed by atoms with E-state index in [9.17, 15) is 4.79 Å². The fourth-order valence-electron chi connectivity index (χ4n) is 1.96. The summed E-state index contributed by atoms with van der Waals surface area (Å²) in [7, 11) is 1.41. The topological polar surface area (TPSA) is 44.1 Å². The van der Waals surface area contributed by atoms with E-state index in [1.807, 2.05) is 25.5 Å². The van der Waals surface area contributed by atoms with Crippen LogP contribution in [0.2, 0.25) is 0 Å². The molecule has 0 aliphatic carbocycles. The number of nitrogens with zero attached hydrogens (tertiary/aromatic N) is 2. The van der Waals surface area contributed by atoms with Crippen molar-refractivity contribution in [2.75, 3.05) is 7.11 Å². The van der Waals surface area contributed by atoms with E-state index in [0.717, 1.165) is 17.8 Å². The van der Waals surface area contributed by atoms with Gasteiger partial charge in [0.05, 0.1) is 25.3 Å². The molecule has 0 aliphatic heterocycles. The van der Waals surface area contributed by atoms with Crippen molar-refractivity contribution in [1.82, 2.24) is 9.78 Å². The van der Waals surface area contributed by atoms with Crippen molar-refractivity contribution in [3.63, 3.8) is 0 Å². The minimum absolute atomic E-state index is 0.160. The highest BCUT2D eigenvalue weighted by atomic mass is 16.5. The Labute approximate surface area is 96.6 Å². The van der Waals surface area contributed by atoms with Gasteiger partial charge in [0.25, 0.3) is 0 Å². The third kappa shape index (κ3) is 2.43. The van der Waals surface area contributed by atoms with Crippen LogP contribution in [-0.2, 0) is 22.5 Å². The summed E-state index contributed by atoms with van der Waals surface area (Å²) in [5, 5.41) is 4.45. The predicted molar refractivity (Wildman–Crippen MR) is 62.3 cm³/mol. The number of carbonyl (C=O) groups is 1. The summed E-state index contributed by atoms with van der Waals surface area (Å²) >= 11 is 0. The number of rotatable bonds is 4. The largest absolute Gasteiger partial charge is 0.469 e. The van der Waals surface area contributed by atoms with Gasteiger partial charge >= 0.3 is 5.97 Å². The molecule has 16 heavy (non-hydrogen) atoms. The molecule has 0 amide bonds. The van der Waals surface area contributed by atoms with Gasteiger partial charge < -0.3 is 4.74 Å². The van der Waals surface area contributed by atoms with Crippen LogP contribution in [0.5, 0.6) is 0 Å². The minimum Gasteiger partial charge on any atom is -0.469 e. The second kappa shape index (κ2) is 5.14. The van der Waals surface area contributed by atoms with Crippen LogP contribution in [0, 0.1) is 19.8 Å². The van der Waals surface area contributed by atoms with Crippen LogP contribution in [0.25, 0.3) is 0 Å². The van der Waals surface area contributed by atoms with Gasteiger partial charge in [-0.3, -0.25) is 9.48 Å². The first-order valence-corrected chi connectivity index (χ1v) is 5.61. The zero-order valence-electron chi connectivity index (χ0n) is 10.7. The summed E-state index contributed by atoms with van der Waals surface area (Å²) in [6.07, 6.45) is 0.976. The third-order valence-corrected chi connectivity index (χ3v) is 2.94. The van der Waals surface area contributed by atoms with Gasteiger partial charge in [-0.05, 0) is 25.8 Å². The number of methoxy groups -OCH3 is 1. The monoisotopic (exact) mass is 224 g/mol. The van der Waals surface area contributed by atoms with Crippen LogP contribution < -0.4 is 0 Å². The SMILES string of the molecule is CCc1c(C)nn(CC(C)C(=O)OC)c1C. The first-order valence-electron chi connectivity index (χ1n) is 5.61. The van der Waals surface area contributed by atoms with E-state index < -0.39 is 0 Å². The Morgan fingerprint density at radius 1 is 1.50 bits per heavy atom. The van der Waals surface area contributed by atoms with Crippen LogP contribution >= 0.6 is 0 Å². The van der Waals surface area contributed by atoms with Gasteiger partial charge in [0.15, 0.2) is 0 Å². The fraction of sp³-hybridized carbons (Fsp3) is 0.667. The number of ether oxygens (including phenoxy) is 1. The second-order valence-corrected chi connectivity index (χ2v) is 4.11. The average molecular weight is 224 g/mol. The van der Waals surface area contributed by atoms with Gasteiger partial charge in [0.2, 0.25) is 0 Å². The van der Waals surface area contributed by atoms with Gasteiger partial charge in [-0.2, -0.15) is 5.10 Å². The third-order valence-electron chi connectivity index (χ3n) is 2.94. The summed E-state index contributed by atoms with van der Waals surface area (Å²) in [6.45, 7) is 8.60. The van der Waals surface area contributed by atoms with E-state index in [1.54, 1.807) is 0 Å². The lowest BCUT2D eigenvalue weighted by atomic mass is 10.1. The normalized spacial score (nSPS) is 12.6. The lowest BCUT2D eigenvalue weighted by Crippen LogP contribution is -2.20. The highest BCUT2D eigenvalue weighted by molar-refractivity contribution is 5.71. The molecule has 1 atom stereocenters. The maximum Gasteiger partial charge on any atom is 0.310 e. The molecule has 0 N–H and O–H groups in total. The minimum atomic E-state index is -0.189. The average Bonchev–Trinajstić information content (AvgIpc) is 2.52. The van der Waals surface area contributed by atoms with Crippen molar-refractivity contribution < 1.29 is 9.53 Å². The quantitative estimate of drug-likeness (QED) is 0.733. The van der Waals surface area contributed by atoms with Gasteiger partial charge in [0, 0.05) is 5.69 Å². The molecule has 4 nitrogen and oxygen atoms in total. The summed E-state index contributed by atoms with van der Waals surface area (Å²) in [4.78, 5) is 11.3. The molecule has 90 valence electrons. The van der Waals surface area contributed by atoms with Crippen LogP contribution in [0.4, 0.5) is 0 Å². The van der Waals surface area contributed by atoms with Gasteiger partial charge in [-0.1, -0.05) is 13.8 Å². The molecule has 0 spiro atoms. The molecule has 1 aromatic rings. The number of hydrogen-bond donors (Lipinski definition) is 0. The van der Waals surface area contributed by atoms with Crippen LogP contribution in [0.15, 0.2) is 0 Å². The Hall–Kier alpha value is -1.32. The first kappa shape index (κ1) is 12.7. The maximum atomic E-state index is 11.3. The molecule has 1 rings (SSSR count). The summed E-state index contributed by atoms with van der Waals surface area (Å²) in [5.41, 5.74) is 3.48. The molecule has 0 radical (unpaired) electrons. The predicted octanol–water partition coefficient (Wildman–Crippen LogP) is 1.87. The Bertz CT molecular complexity index is 383. The smallest absolute Gasteiger partial charge is 0.310 e. The molecule has 0 bridgehead atoms. The number of aryl methyl sites for hydroxylation is 1. The second-order valence-electron chi connectivity index (χ2n) is 4.11. The highest BCUT2D eigenvalue weighted by Crippen LogP contribution is 2.15. The number of hydrogen-bond acceptors (Lipinski definition) is 3. The van der Waals surface area contributed by atoms with E-state index >= 15 is 0 Å². The zero-order valence-corrected chi connectivity index (χ0v) is 10.7. The van der Waals surface area contributed by atoms with Crippen molar-refractivity contribution >= 4 is 5.97 Å². The highest BCUT2D eigenvalue weighted by Gasteiger charge is 2.17. The summed E-state index contributed by atoms with van der Waals surface area (Å²) < 4.78 is 6.61. The Balaban J connectivity index is 2.86. The number of aromatic nitrogens is 2. The van der Waals surface area contributed by atoms with E-state index in [2.05, 4.69) is 12.0 Å². The van der Waals surface area contributed by atoms with Gasteiger partial charge in [0.1, 0.15) is 0 Å². The van der Waals surface area contributed by atoms with Gasteiger partial charge in [-0.15, -0.1) is 0 Å². The molecule has 0 saturated heterocycles. The first-order chi connectivity index (χ1) is 7.51. The molecule has 1 aromatic heterocycles. The molecule has 1 unspecified atom stereocenters. The molecular formula is C12H20N2O2. The molecule has 0 saturated carbocycles. The zero-order chi connectivity index (χ0) is 12.3. The molecule has 1 heterocycles. The number of esters is 1. The standard InChI is InChI=1S/C12H20N2O2/c1-6-11-9(3)13-14(10(11)4)7-8(2)12(15)16-5/h8H,6-7H2,1-5H3. The van der Waals surface area contributed by atoms with Crippen molar-refractivity contribution in [2.24, 2.45) is 5.92 Å². The number of carbonyl (C=O) groups excluding carboxylic acids is 1. The Kier molecular flexibility index (Phi) is 4.10. The molecule has 0 fully saturated rings.